The van der Waals surface area contributed by atoms with E-state index in [0.29, 0.717) is 0 Å². The van der Waals surface area contributed by atoms with E-state index in [2.05, 4.69) is 63.4 Å². The first-order valence-corrected chi connectivity index (χ1v) is 9.45. The Kier molecular flexibility index (Phi) is 4.63. The predicted molar refractivity (Wildman–Crippen MR) is 97.5 cm³/mol. The topological polar surface area (TPSA) is 58.0 Å². The second-order valence-corrected chi connectivity index (χ2v) is 7.62. The number of aromatic amines is 1. The average Bonchev–Trinajstić information content (AvgIpc) is 3.32. The van der Waals surface area contributed by atoms with Crippen LogP contribution in [-0.4, -0.2) is 26.6 Å². The molecule has 3 heterocycles. The van der Waals surface area contributed by atoms with Crippen LogP contribution in [0.15, 0.2) is 50.8 Å². The number of nitrogens with zero attached hydrogens (tertiary/aromatic N) is 3. The third kappa shape index (κ3) is 3.80. The van der Waals surface area contributed by atoms with Crippen molar-refractivity contribution in [1.29, 1.82) is 0 Å². The van der Waals surface area contributed by atoms with Crippen LogP contribution in [0.3, 0.4) is 0 Å². The smallest absolute Gasteiger partial charge is 0.167 e. The Morgan fingerprint density at radius 1 is 1.20 bits per heavy atom. The number of likely N-dealkylation sites (tertiary alicyclic amines) is 1. The zero-order valence-electron chi connectivity index (χ0n) is 14.5. The van der Waals surface area contributed by atoms with Gasteiger partial charge in [-0.25, -0.2) is 4.98 Å². The molecular formula is C19H22N4OS. The number of aromatic nitrogens is 3. The summed E-state index contributed by atoms with van der Waals surface area (Å²) in [6.45, 7) is 5.89. The van der Waals surface area contributed by atoms with Crippen molar-refractivity contribution < 1.29 is 4.42 Å². The zero-order valence-corrected chi connectivity index (χ0v) is 15.3. The lowest BCUT2D eigenvalue weighted by Crippen LogP contribution is -2.23. The lowest BCUT2D eigenvalue weighted by atomic mass is 10.2. The quantitative estimate of drug-likeness (QED) is 0.731. The summed E-state index contributed by atoms with van der Waals surface area (Å²) >= 11 is 1.66. The van der Waals surface area contributed by atoms with Crippen molar-refractivity contribution in [2.45, 2.75) is 49.3 Å². The molecule has 0 bridgehead atoms. The fourth-order valence-electron chi connectivity index (χ4n) is 3.24. The Labute approximate surface area is 151 Å². The van der Waals surface area contributed by atoms with E-state index < -0.39 is 0 Å². The molecule has 4 rings (SSSR count). The van der Waals surface area contributed by atoms with E-state index in [9.17, 15) is 0 Å². The predicted octanol–water partition coefficient (Wildman–Crippen LogP) is 4.50. The summed E-state index contributed by atoms with van der Waals surface area (Å²) in [5, 5.41) is 8.23. The molecule has 1 atom stereocenters. The fraction of sp³-hybridized carbons (Fsp3) is 0.368. The van der Waals surface area contributed by atoms with Gasteiger partial charge in [0.05, 0.1) is 12.6 Å². The van der Waals surface area contributed by atoms with Crippen LogP contribution in [0.2, 0.25) is 0 Å². The van der Waals surface area contributed by atoms with Gasteiger partial charge in [-0.2, -0.15) is 5.10 Å². The van der Waals surface area contributed by atoms with Crippen molar-refractivity contribution >= 4 is 11.8 Å². The average molecular weight is 354 g/mol. The number of nitrogens with one attached hydrogen (secondary N) is 1. The maximum atomic E-state index is 6.04. The van der Waals surface area contributed by atoms with E-state index in [1.165, 1.54) is 16.9 Å². The summed E-state index contributed by atoms with van der Waals surface area (Å²) in [5.41, 5.74) is 1.27. The van der Waals surface area contributed by atoms with Crippen molar-refractivity contribution in [1.82, 2.24) is 20.1 Å². The molecule has 1 saturated heterocycles. The minimum Gasteiger partial charge on any atom is -0.453 e. The molecule has 0 amide bonds. The highest BCUT2D eigenvalue weighted by atomic mass is 32.2. The highest BCUT2D eigenvalue weighted by molar-refractivity contribution is 7.99. The lowest BCUT2D eigenvalue weighted by Gasteiger charge is -2.20. The fourth-order valence-corrected chi connectivity index (χ4v) is 4.03. The van der Waals surface area contributed by atoms with E-state index in [0.717, 1.165) is 42.0 Å². The van der Waals surface area contributed by atoms with Crippen LogP contribution >= 0.6 is 11.8 Å². The van der Waals surface area contributed by atoms with Gasteiger partial charge >= 0.3 is 0 Å². The summed E-state index contributed by atoms with van der Waals surface area (Å²) in [4.78, 5) is 8.11. The van der Waals surface area contributed by atoms with Crippen LogP contribution in [0, 0.1) is 13.8 Å². The maximum Gasteiger partial charge on any atom is 0.167 e. The standard InChI is InChI=1S/C19H22N4OS/c1-13-5-8-16(9-6-13)25-18-10-7-15(24-18)12-23-11-3-4-17(23)19-20-14(2)21-22-19/h5-10,17H,3-4,11-12H2,1-2H3,(H,20,21,22)/t17-/m1/s1. The van der Waals surface area contributed by atoms with E-state index in [1.807, 2.05) is 6.92 Å². The molecule has 1 aliphatic heterocycles. The van der Waals surface area contributed by atoms with Crippen LogP contribution in [-0.2, 0) is 6.54 Å². The number of aryl methyl sites for hydroxylation is 2. The summed E-state index contributed by atoms with van der Waals surface area (Å²) in [5.74, 6) is 2.77. The second kappa shape index (κ2) is 7.06. The first-order valence-electron chi connectivity index (χ1n) is 8.63. The molecule has 0 aliphatic carbocycles. The Morgan fingerprint density at radius 2 is 2.04 bits per heavy atom. The zero-order chi connectivity index (χ0) is 17.2. The van der Waals surface area contributed by atoms with Crippen LogP contribution in [0.25, 0.3) is 0 Å². The molecule has 0 unspecified atom stereocenters. The summed E-state index contributed by atoms with van der Waals surface area (Å²) in [7, 11) is 0. The van der Waals surface area contributed by atoms with Crippen molar-refractivity contribution in [3.8, 4) is 0 Å². The normalized spacial score (nSPS) is 18.1. The van der Waals surface area contributed by atoms with Gasteiger partial charge in [0.25, 0.3) is 0 Å². The van der Waals surface area contributed by atoms with E-state index >= 15 is 0 Å². The minimum absolute atomic E-state index is 0.281. The number of H-pyrrole nitrogens is 1. The van der Waals surface area contributed by atoms with Crippen LogP contribution < -0.4 is 0 Å². The van der Waals surface area contributed by atoms with Crippen LogP contribution in [0.4, 0.5) is 0 Å². The number of furan rings is 1. The Morgan fingerprint density at radius 3 is 2.80 bits per heavy atom. The van der Waals surface area contributed by atoms with Crippen molar-refractivity contribution in [2.75, 3.05) is 6.54 Å². The molecule has 1 aromatic carbocycles. The number of rotatable bonds is 5. The largest absolute Gasteiger partial charge is 0.453 e. The van der Waals surface area contributed by atoms with Gasteiger partial charge in [-0.1, -0.05) is 29.5 Å². The summed E-state index contributed by atoms with van der Waals surface area (Å²) < 4.78 is 6.04. The Hall–Kier alpha value is -2.05. The van der Waals surface area contributed by atoms with E-state index in [1.54, 1.807) is 11.8 Å². The van der Waals surface area contributed by atoms with Gasteiger partial charge in [0, 0.05) is 4.90 Å². The molecule has 1 fully saturated rings. The van der Waals surface area contributed by atoms with Gasteiger partial charge in [0.15, 0.2) is 10.9 Å². The molecule has 25 heavy (non-hydrogen) atoms. The molecule has 1 N–H and O–H groups in total. The molecule has 6 heteroatoms. The second-order valence-electron chi connectivity index (χ2n) is 6.54. The molecule has 2 aromatic heterocycles. The molecule has 1 aliphatic rings. The SMILES string of the molecule is Cc1ccc(Sc2ccc(CN3CCC[C@@H]3c3n[nH]c(C)n3)o2)cc1. The first-order chi connectivity index (χ1) is 12.2. The molecule has 130 valence electrons. The van der Waals surface area contributed by atoms with Gasteiger partial charge in [-0.05, 0) is 57.5 Å². The van der Waals surface area contributed by atoms with Gasteiger partial charge in [-0.15, -0.1) is 0 Å². The van der Waals surface area contributed by atoms with Gasteiger partial charge in [-0.3, -0.25) is 10.00 Å². The van der Waals surface area contributed by atoms with Gasteiger partial charge in [0.1, 0.15) is 11.6 Å². The molecule has 0 spiro atoms. The lowest BCUT2D eigenvalue weighted by molar-refractivity contribution is 0.215. The van der Waals surface area contributed by atoms with Crippen LogP contribution in [0.5, 0.6) is 0 Å². The van der Waals surface area contributed by atoms with Gasteiger partial charge < -0.3 is 4.42 Å². The highest BCUT2D eigenvalue weighted by Gasteiger charge is 2.29. The summed E-state index contributed by atoms with van der Waals surface area (Å²) in [6.07, 6.45) is 2.27. The Bertz CT molecular complexity index is 839. The number of hydrogen-bond donors (Lipinski definition) is 1. The van der Waals surface area contributed by atoms with E-state index in [-0.39, 0.29) is 6.04 Å². The molecule has 0 saturated carbocycles. The van der Waals surface area contributed by atoms with Crippen molar-refractivity contribution in [3.05, 3.63) is 59.4 Å². The first kappa shape index (κ1) is 16.4. The molecule has 0 radical (unpaired) electrons. The monoisotopic (exact) mass is 354 g/mol. The molecule has 3 aromatic rings. The number of hydrogen-bond acceptors (Lipinski definition) is 5. The Balaban J connectivity index is 1.42. The molecule has 5 nitrogen and oxygen atoms in total. The van der Waals surface area contributed by atoms with Gasteiger partial charge in [0.2, 0.25) is 0 Å². The van der Waals surface area contributed by atoms with Crippen LogP contribution in [0.1, 0.15) is 41.9 Å². The van der Waals surface area contributed by atoms with Crippen molar-refractivity contribution in [2.24, 2.45) is 0 Å². The highest BCUT2D eigenvalue weighted by Crippen LogP contribution is 2.33. The maximum absolute atomic E-state index is 6.04. The molecular weight excluding hydrogens is 332 g/mol. The van der Waals surface area contributed by atoms with E-state index in [4.69, 9.17) is 4.42 Å². The summed E-state index contributed by atoms with van der Waals surface area (Å²) in [6, 6.07) is 12.9. The third-order valence-electron chi connectivity index (χ3n) is 4.51. The van der Waals surface area contributed by atoms with Crippen molar-refractivity contribution in [3.63, 3.8) is 0 Å². The minimum atomic E-state index is 0.281. The number of benzene rings is 1. The third-order valence-corrected chi connectivity index (χ3v) is 5.44.